The van der Waals surface area contributed by atoms with Gasteiger partial charge >= 0.3 is 0 Å². The third-order valence-electron chi connectivity index (χ3n) is 3.62. The minimum atomic E-state index is -0.380. The van der Waals surface area contributed by atoms with Crippen LogP contribution in [0.5, 0.6) is 0 Å². The summed E-state index contributed by atoms with van der Waals surface area (Å²) in [4.78, 5) is 13.5. The number of nitrogens with one attached hydrogen (secondary N) is 1. The molecular weight excluding hydrogens is 226 g/mol. The van der Waals surface area contributed by atoms with E-state index in [1.165, 1.54) is 19.4 Å². The third-order valence-corrected chi connectivity index (χ3v) is 3.62. The van der Waals surface area contributed by atoms with Crippen molar-refractivity contribution >= 4 is 11.6 Å². The highest BCUT2D eigenvalue weighted by Gasteiger charge is 2.22. The van der Waals surface area contributed by atoms with Crippen molar-refractivity contribution in [3.05, 3.63) is 29.8 Å². The average molecular weight is 247 g/mol. The molecule has 0 bridgehead atoms. The fraction of sp³-hybridized carbons (Fsp3) is 0.500. The van der Waals surface area contributed by atoms with Gasteiger partial charge in [-0.2, -0.15) is 0 Å². The van der Waals surface area contributed by atoms with Crippen molar-refractivity contribution in [3.63, 3.8) is 0 Å². The van der Waals surface area contributed by atoms with Crippen LogP contribution in [-0.4, -0.2) is 36.5 Å². The maximum Gasteiger partial charge on any atom is 0.248 e. The van der Waals surface area contributed by atoms with Crippen molar-refractivity contribution in [2.45, 2.75) is 25.8 Å². The van der Waals surface area contributed by atoms with Gasteiger partial charge in [-0.3, -0.25) is 9.69 Å². The molecule has 1 saturated heterocycles. The zero-order valence-electron chi connectivity index (χ0n) is 10.9. The number of carbonyl (C=O) groups is 1. The smallest absolute Gasteiger partial charge is 0.248 e. The minimum Gasteiger partial charge on any atom is -0.383 e. The maximum atomic E-state index is 11.0. The first-order chi connectivity index (χ1) is 8.70. The van der Waals surface area contributed by atoms with Crippen molar-refractivity contribution in [3.8, 4) is 0 Å². The topological polar surface area (TPSA) is 58.4 Å². The molecule has 18 heavy (non-hydrogen) atoms. The fourth-order valence-electron chi connectivity index (χ4n) is 2.53. The molecule has 1 heterocycles. The minimum absolute atomic E-state index is 0.380. The predicted molar refractivity (Wildman–Crippen MR) is 73.7 cm³/mol. The zero-order valence-corrected chi connectivity index (χ0v) is 10.9. The number of likely N-dealkylation sites (tertiary alicyclic amines) is 1. The Bertz CT molecular complexity index is 402. The standard InChI is InChI=1S/C14H21N3O/c1-2-17-9-3-4-13(17)10-16-12-7-5-11(6-8-12)14(15)18/h5-8,13,16H,2-4,9-10H2,1H3,(H2,15,18)/t13-/m1/s1. The molecule has 4 heteroatoms. The van der Waals surface area contributed by atoms with E-state index < -0.39 is 0 Å². The Labute approximate surface area is 108 Å². The molecule has 0 aromatic heterocycles. The van der Waals surface area contributed by atoms with Crippen LogP contribution in [0.2, 0.25) is 0 Å². The number of hydrogen-bond donors (Lipinski definition) is 2. The maximum absolute atomic E-state index is 11.0. The molecule has 1 atom stereocenters. The summed E-state index contributed by atoms with van der Waals surface area (Å²) in [5.41, 5.74) is 6.80. The predicted octanol–water partition coefficient (Wildman–Crippen LogP) is 1.68. The first-order valence-corrected chi connectivity index (χ1v) is 6.58. The van der Waals surface area contributed by atoms with Crippen LogP contribution in [-0.2, 0) is 0 Å². The molecule has 1 fully saturated rings. The second-order valence-corrected chi connectivity index (χ2v) is 4.75. The molecule has 1 amide bonds. The summed E-state index contributed by atoms with van der Waals surface area (Å²) in [6.07, 6.45) is 2.56. The molecule has 3 N–H and O–H groups in total. The SMILES string of the molecule is CCN1CCC[C@@H]1CNc1ccc(C(N)=O)cc1. The Hall–Kier alpha value is -1.55. The van der Waals surface area contributed by atoms with E-state index in [-0.39, 0.29) is 5.91 Å². The molecule has 1 aliphatic heterocycles. The quantitative estimate of drug-likeness (QED) is 0.832. The Morgan fingerprint density at radius 3 is 2.78 bits per heavy atom. The molecule has 4 nitrogen and oxygen atoms in total. The van der Waals surface area contributed by atoms with Gasteiger partial charge in [0.2, 0.25) is 5.91 Å². The van der Waals surface area contributed by atoms with Gasteiger partial charge in [0, 0.05) is 23.8 Å². The van der Waals surface area contributed by atoms with Crippen LogP contribution in [0.25, 0.3) is 0 Å². The molecule has 0 unspecified atom stereocenters. The van der Waals surface area contributed by atoms with Crippen LogP contribution in [0.1, 0.15) is 30.1 Å². The molecule has 0 aliphatic carbocycles. The average Bonchev–Trinajstić information content (AvgIpc) is 2.84. The van der Waals surface area contributed by atoms with E-state index in [1.54, 1.807) is 12.1 Å². The van der Waals surface area contributed by atoms with Crippen molar-refractivity contribution in [2.24, 2.45) is 5.73 Å². The van der Waals surface area contributed by atoms with Gasteiger partial charge in [0.1, 0.15) is 0 Å². The largest absolute Gasteiger partial charge is 0.383 e. The van der Waals surface area contributed by atoms with E-state index in [9.17, 15) is 4.79 Å². The summed E-state index contributed by atoms with van der Waals surface area (Å²) in [5.74, 6) is -0.380. The van der Waals surface area contributed by atoms with Crippen LogP contribution in [0.4, 0.5) is 5.69 Å². The number of amides is 1. The number of primary amides is 1. The van der Waals surface area contributed by atoms with Crippen LogP contribution >= 0.6 is 0 Å². The first-order valence-electron chi connectivity index (χ1n) is 6.58. The van der Waals surface area contributed by atoms with Gasteiger partial charge in [-0.05, 0) is 50.2 Å². The lowest BCUT2D eigenvalue weighted by atomic mass is 10.2. The molecule has 1 aromatic carbocycles. The second-order valence-electron chi connectivity index (χ2n) is 4.75. The zero-order chi connectivity index (χ0) is 13.0. The highest BCUT2D eigenvalue weighted by Crippen LogP contribution is 2.17. The summed E-state index contributed by atoms with van der Waals surface area (Å²) in [5, 5.41) is 3.42. The number of rotatable bonds is 5. The summed E-state index contributed by atoms with van der Waals surface area (Å²) >= 11 is 0. The summed E-state index contributed by atoms with van der Waals surface area (Å²) in [6, 6.07) is 7.97. The highest BCUT2D eigenvalue weighted by molar-refractivity contribution is 5.93. The first kappa shape index (κ1) is 12.9. The lowest BCUT2D eigenvalue weighted by Gasteiger charge is -2.23. The molecular formula is C14H21N3O. The lowest BCUT2D eigenvalue weighted by molar-refractivity contribution is 0.100. The van der Waals surface area contributed by atoms with Crippen molar-refractivity contribution in [1.29, 1.82) is 0 Å². The Kier molecular flexibility index (Phi) is 4.20. The van der Waals surface area contributed by atoms with E-state index in [0.29, 0.717) is 11.6 Å². The Balaban J connectivity index is 1.88. The number of anilines is 1. The number of benzene rings is 1. The Morgan fingerprint density at radius 1 is 1.44 bits per heavy atom. The summed E-state index contributed by atoms with van der Waals surface area (Å²) < 4.78 is 0. The molecule has 2 rings (SSSR count). The van der Waals surface area contributed by atoms with Crippen molar-refractivity contribution in [1.82, 2.24) is 4.90 Å². The van der Waals surface area contributed by atoms with Crippen molar-refractivity contribution < 1.29 is 4.79 Å². The highest BCUT2D eigenvalue weighted by atomic mass is 16.1. The second kappa shape index (κ2) is 5.87. The summed E-state index contributed by atoms with van der Waals surface area (Å²) in [6.45, 7) is 5.50. The normalized spacial score (nSPS) is 19.9. The van der Waals surface area contributed by atoms with Gasteiger partial charge in [0.25, 0.3) is 0 Å². The lowest BCUT2D eigenvalue weighted by Crippen LogP contribution is -2.34. The van der Waals surface area contributed by atoms with E-state index >= 15 is 0 Å². The van der Waals surface area contributed by atoms with Gasteiger partial charge in [-0.1, -0.05) is 6.92 Å². The van der Waals surface area contributed by atoms with E-state index in [1.807, 2.05) is 12.1 Å². The number of nitrogens with two attached hydrogens (primary N) is 1. The van der Waals surface area contributed by atoms with Gasteiger partial charge in [0.05, 0.1) is 0 Å². The molecule has 1 aliphatic rings. The van der Waals surface area contributed by atoms with Gasteiger partial charge < -0.3 is 11.1 Å². The van der Waals surface area contributed by atoms with Crippen LogP contribution in [0.15, 0.2) is 24.3 Å². The number of likely N-dealkylation sites (N-methyl/N-ethyl adjacent to an activating group) is 1. The monoisotopic (exact) mass is 247 g/mol. The number of hydrogen-bond acceptors (Lipinski definition) is 3. The van der Waals surface area contributed by atoms with Crippen LogP contribution in [0.3, 0.4) is 0 Å². The molecule has 98 valence electrons. The van der Waals surface area contributed by atoms with E-state index in [2.05, 4.69) is 17.1 Å². The van der Waals surface area contributed by atoms with Crippen LogP contribution < -0.4 is 11.1 Å². The van der Waals surface area contributed by atoms with Gasteiger partial charge in [-0.25, -0.2) is 0 Å². The molecule has 0 radical (unpaired) electrons. The van der Waals surface area contributed by atoms with Gasteiger partial charge in [-0.15, -0.1) is 0 Å². The molecule has 0 spiro atoms. The summed E-state index contributed by atoms with van der Waals surface area (Å²) in [7, 11) is 0. The number of carbonyl (C=O) groups excluding carboxylic acids is 1. The Morgan fingerprint density at radius 2 is 2.17 bits per heavy atom. The third kappa shape index (κ3) is 3.01. The molecule has 0 saturated carbocycles. The van der Waals surface area contributed by atoms with Gasteiger partial charge in [0.15, 0.2) is 0 Å². The fourth-order valence-corrected chi connectivity index (χ4v) is 2.53. The van der Waals surface area contributed by atoms with Crippen molar-refractivity contribution in [2.75, 3.05) is 25.0 Å². The van der Waals surface area contributed by atoms with E-state index in [4.69, 9.17) is 5.73 Å². The van der Waals surface area contributed by atoms with E-state index in [0.717, 1.165) is 18.8 Å². The molecule has 1 aromatic rings. The van der Waals surface area contributed by atoms with Crippen LogP contribution in [0, 0.1) is 0 Å². The number of nitrogens with zero attached hydrogens (tertiary/aromatic N) is 1.